The quantitative estimate of drug-likeness (QED) is 0.922. The van der Waals surface area contributed by atoms with Crippen molar-refractivity contribution in [2.75, 3.05) is 6.54 Å². The number of hydrogen-bond acceptors (Lipinski definition) is 2. The summed E-state index contributed by atoms with van der Waals surface area (Å²) in [5.74, 6) is -0.916. The molecule has 0 aliphatic carbocycles. The van der Waals surface area contributed by atoms with Gasteiger partial charge in [-0.15, -0.1) is 0 Å². The largest absolute Gasteiger partial charge is 0.480 e. The van der Waals surface area contributed by atoms with E-state index in [9.17, 15) is 9.59 Å². The number of amides is 1. The van der Waals surface area contributed by atoms with Crippen LogP contribution in [0.15, 0.2) is 42.5 Å². The zero-order valence-electron chi connectivity index (χ0n) is 13.1. The molecule has 1 saturated heterocycles. The summed E-state index contributed by atoms with van der Waals surface area (Å²) in [6.45, 7) is 0.575. The van der Waals surface area contributed by atoms with E-state index in [4.69, 9.17) is 5.11 Å². The lowest BCUT2D eigenvalue weighted by atomic mass is 10.0. The van der Waals surface area contributed by atoms with Crippen molar-refractivity contribution in [1.29, 1.82) is 0 Å². The van der Waals surface area contributed by atoms with Gasteiger partial charge in [-0.25, -0.2) is 4.79 Å². The molecule has 1 heterocycles. The molecule has 1 aliphatic heterocycles. The van der Waals surface area contributed by atoms with Crippen molar-refractivity contribution in [2.45, 2.75) is 38.1 Å². The number of aliphatic carboxylic acids is 1. The summed E-state index contributed by atoms with van der Waals surface area (Å²) >= 11 is 0. The molecule has 1 amide bonds. The van der Waals surface area contributed by atoms with Crippen LogP contribution in [-0.4, -0.2) is 34.5 Å². The average molecular weight is 311 g/mol. The molecule has 2 aromatic carbocycles. The van der Waals surface area contributed by atoms with Gasteiger partial charge in [0.15, 0.2) is 0 Å². The van der Waals surface area contributed by atoms with E-state index in [0.717, 1.165) is 19.3 Å². The minimum absolute atomic E-state index is 0.0318. The van der Waals surface area contributed by atoms with E-state index in [-0.39, 0.29) is 5.91 Å². The van der Waals surface area contributed by atoms with E-state index in [0.29, 0.717) is 19.4 Å². The molecule has 120 valence electrons. The third kappa shape index (κ3) is 3.52. The van der Waals surface area contributed by atoms with Crippen LogP contribution in [0.4, 0.5) is 0 Å². The number of nitrogens with zero attached hydrogens (tertiary/aromatic N) is 1. The van der Waals surface area contributed by atoms with Gasteiger partial charge in [-0.1, -0.05) is 42.5 Å². The Kier molecular flexibility index (Phi) is 4.60. The molecule has 0 radical (unpaired) electrons. The van der Waals surface area contributed by atoms with E-state index in [1.165, 1.54) is 21.2 Å². The summed E-state index contributed by atoms with van der Waals surface area (Å²) in [5, 5.41) is 11.6. The highest BCUT2D eigenvalue weighted by Gasteiger charge is 2.33. The summed E-state index contributed by atoms with van der Waals surface area (Å²) in [6, 6.07) is 14.0. The number of rotatable bonds is 5. The number of hydrogen-bond donors (Lipinski definition) is 1. The van der Waals surface area contributed by atoms with Crippen molar-refractivity contribution < 1.29 is 14.7 Å². The lowest BCUT2D eigenvalue weighted by molar-refractivity contribution is -0.148. The van der Waals surface area contributed by atoms with Gasteiger partial charge in [0.2, 0.25) is 5.91 Å². The van der Waals surface area contributed by atoms with Crippen LogP contribution < -0.4 is 0 Å². The lowest BCUT2D eigenvalue weighted by Gasteiger charge is -2.21. The first-order valence-electron chi connectivity index (χ1n) is 8.15. The van der Waals surface area contributed by atoms with Crippen LogP contribution in [0.1, 0.15) is 31.2 Å². The number of benzene rings is 2. The van der Waals surface area contributed by atoms with Crippen molar-refractivity contribution in [1.82, 2.24) is 4.90 Å². The second-order valence-corrected chi connectivity index (χ2v) is 6.12. The molecule has 4 heteroatoms. The molecular weight excluding hydrogens is 290 g/mol. The molecular formula is C19H21NO3. The zero-order valence-corrected chi connectivity index (χ0v) is 13.1. The van der Waals surface area contributed by atoms with Gasteiger partial charge in [0.25, 0.3) is 0 Å². The standard InChI is InChI=1S/C19H21NO3/c21-18(20-12-4-8-17(20)19(22)23)9-3-5-14-10-11-15-6-1-2-7-16(15)13-14/h1-2,6-7,10-11,13,17H,3-5,8-9,12H2,(H,22,23)/t17-/m0/s1. The SMILES string of the molecule is O=C(O)[C@@H]1CCCN1C(=O)CCCc1ccc2ccccc2c1. The predicted molar refractivity (Wildman–Crippen MR) is 89.3 cm³/mol. The van der Waals surface area contributed by atoms with E-state index in [1.807, 2.05) is 12.1 Å². The third-order valence-corrected chi connectivity index (χ3v) is 4.53. The highest BCUT2D eigenvalue weighted by atomic mass is 16.4. The lowest BCUT2D eigenvalue weighted by Crippen LogP contribution is -2.40. The molecule has 0 aromatic heterocycles. The molecule has 1 atom stereocenters. The molecule has 0 saturated carbocycles. The number of fused-ring (bicyclic) bond motifs is 1. The molecule has 0 spiro atoms. The highest BCUT2D eigenvalue weighted by molar-refractivity contribution is 5.84. The van der Waals surface area contributed by atoms with Gasteiger partial charge in [0.05, 0.1) is 0 Å². The minimum atomic E-state index is -0.884. The molecule has 1 N–H and O–H groups in total. The Morgan fingerprint density at radius 1 is 1.13 bits per heavy atom. The molecule has 0 bridgehead atoms. The summed E-state index contributed by atoms with van der Waals surface area (Å²) in [5.41, 5.74) is 1.22. The van der Waals surface area contributed by atoms with Crippen molar-refractivity contribution in [3.05, 3.63) is 48.0 Å². The second kappa shape index (κ2) is 6.82. The van der Waals surface area contributed by atoms with Gasteiger partial charge in [-0.2, -0.15) is 0 Å². The molecule has 4 nitrogen and oxygen atoms in total. The smallest absolute Gasteiger partial charge is 0.326 e. The number of carboxylic acid groups (broad SMARTS) is 1. The Labute approximate surface area is 135 Å². The molecule has 0 unspecified atom stereocenters. The molecule has 1 aliphatic rings. The Balaban J connectivity index is 1.56. The van der Waals surface area contributed by atoms with Crippen molar-refractivity contribution in [3.8, 4) is 0 Å². The Hall–Kier alpha value is -2.36. The molecule has 2 aromatic rings. The Morgan fingerprint density at radius 3 is 2.70 bits per heavy atom. The summed E-state index contributed by atoms with van der Waals surface area (Å²) < 4.78 is 0. The predicted octanol–water partition coefficient (Wildman–Crippen LogP) is 3.24. The van der Waals surface area contributed by atoms with Gasteiger partial charge in [-0.3, -0.25) is 4.79 Å². The topological polar surface area (TPSA) is 57.6 Å². The van der Waals surface area contributed by atoms with Crippen molar-refractivity contribution in [2.24, 2.45) is 0 Å². The normalized spacial score (nSPS) is 17.6. The second-order valence-electron chi connectivity index (χ2n) is 6.12. The van der Waals surface area contributed by atoms with Crippen molar-refractivity contribution >= 4 is 22.6 Å². The number of carboxylic acids is 1. The maximum absolute atomic E-state index is 12.2. The third-order valence-electron chi connectivity index (χ3n) is 4.53. The number of aryl methyl sites for hydroxylation is 1. The molecule has 3 rings (SSSR count). The fraction of sp³-hybridized carbons (Fsp3) is 0.368. The Morgan fingerprint density at radius 2 is 1.91 bits per heavy atom. The number of carbonyl (C=O) groups is 2. The first kappa shape index (κ1) is 15.5. The molecule has 23 heavy (non-hydrogen) atoms. The Bertz CT molecular complexity index is 725. The van der Waals surface area contributed by atoms with Crippen molar-refractivity contribution in [3.63, 3.8) is 0 Å². The summed E-state index contributed by atoms with van der Waals surface area (Å²) in [7, 11) is 0. The summed E-state index contributed by atoms with van der Waals surface area (Å²) in [6.07, 6.45) is 3.36. The van der Waals surface area contributed by atoms with E-state index < -0.39 is 12.0 Å². The molecule has 1 fully saturated rings. The van der Waals surface area contributed by atoms with Crippen LogP contribution >= 0.6 is 0 Å². The van der Waals surface area contributed by atoms with Crippen LogP contribution in [-0.2, 0) is 16.0 Å². The number of likely N-dealkylation sites (tertiary alicyclic amines) is 1. The summed E-state index contributed by atoms with van der Waals surface area (Å²) in [4.78, 5) is 24.9. The van der Waals surface area contributed by atoms with E-state index >= 15 is 0 Å². The fourth-order valence-corrected chi connectivity index (χ4v) is 3.30. The first-order chi connectivity index (χ1) is 11.1. The van der Waals surface area contributed by atoms with Gasteiger partial charge in [-0.05, 0) is 42.0 Å². The highest BCUT2D eigenvalue weighted by Crippen LogP contribution is 2.20. The van der Waals surface area contributed by atoms with Gasteiger partial charge in [0.1, 0.15) is 6.04 Å². The maximum atomic E-state index is 12.2. The number of carbonyl (C=O) groups excluding carboxylic acids is 1. The van der Waals surface area contributed by atoms with Crippen LogP contribution in [0.5, 0.6) is 0 Å². The average Bonchev–Trinajstić information content (AvgIpc) is 3.04. The van der Waals surface area contributed by atoms with Gasteiger partial charge < -0.3 is 10.0 Å². The van der Waals surface area contributed by atoms with Crippen LogP contribution in [0, 0.1) is 0 Å². The monoisotopic (exact) mass is 311 g/mol. The van der Waals surface area contributed by atoms with E-state index in [1.54, 1.807) is 0 Å². The fourth-order valence-electron chi connectivity index (χ4n) is 3.30. The van der Waals surface area contributed by atoms with Gasteiger partial charge in [0, 0.05) is 13.0 Å². The minimum Gasteiger partial charge on any atom is -0.480 e. The van der Waals surface area contributed by atoms with E-state index in [2.05, 4.69) is 30.3 Å². The van der Waals surface area contributed by atoms with Crippen LogP contribution in [0.2, 0.25) is 0 Å². The van der Waals surface area contributed by atoms with Crippen LogP contribution in [0.3, 0.4) is 0 Å². The first-order valence-corrected chi connectivity index (χ1v) is 8.15. The van der Waals surface area contributed by atoms with Gasteiger partial charge >= 0.3 is 5.97 Å². The maximum Gasteiger partial charge on any atom is 0.326 e. The van der Waals surface area contributed by atoms with Crippen LogP contribution in [0.25, 0.3) is 10.8 Å². The zero-order chi connectivity index (χ0) is 16.2.